The Labute approximate surface area is 151 Å². The summed E-state index contributed by atoms with van der Waals surface area (Å²) in [7, 11) is -3.55. The van der Waals surface area contributed by atoms with Crippen molar-refractivity contribution >= 4 is 21.8 Å². The topological polar surface area (TPSA) is 70.0 Å². The molecule has 1 aliphatic carbocycles. The minimum atomic E-state index is -3.55. The number of amides is 1. The molecule has 1 aromatic carbocycles. The van der Waals surface area contributed by atoms with Crippen LogP contribution in [0.1, 0.15) is 18.4 Å². The Morgan fingerprint density at radius 2 is 2.00 bits per heavy atom. The molecular formula is C18H18FN3O3S. The van der Waals surface area contributed by atoms with Gasteiger partial charge in [-0.2, -0.15) is 0 Å². The van der Waals surface area contributed by atoms with Crippen LogP contribution >= 0.6 is 0 Å². The fraction of sp³-hybridized carbons (Fsp3) is 0.333. The number of sulfonamides is 1. The number of hydrogen-bond acceptors (Lipinski definition) is 4. The molecular weight excluding hydrogens is 357 g/mol. The first-order valence-electron chi connectivity index (χ1n) is 8.46. The van der Waals surface area contributed by atoms with Crippen LogP contribution in [0.15, 0.2) is 52.6 Å². The number of rotatable bonds is 4. The number of hydrogen-bond donors (Lipinski definition) is 0. The molecule has 8 heteroatoms. The van der Waals surface area contributed by atoms with Crippen molar-refractivity contribution in [3.05, 3.63) is 59.6 Å². The number of fused-ring (bicyclic) bond motifs is 1. The Bertz CT molecular complexity index is 931. The van der Waals surface area contributed by atoms with E-state index in [1.165, 1.54) is 12.1 Å². The highest BCUT2D eigenvalue weighted by Crippen LogP contribution is 2.31. The lowest BCUT2D eigenvalue weighted by molar-refractivity contribution is -0.127. The molecule has 26 heavy (non-hydrogen) atoms. The van der Waals surface area contributed by atoms with Crippen molar-refractivity contribution in [3.8, 4) is 0 Å². The van der Waals surface area contributed by atoms with E-state index in [1.54, 1.807) is 40.3 Å². The minimum Gasteiger partial charge on any atom is -0.331 e. The minimum absolute atomic E-state index is 0.0652. The molecule has 1 saturated carbocycles. The van der Waals surface area contributed by atoms with Gasteiger partial charge in [-0.05, 0) is 42.7 Å². The zero-order valence-electron chi connectivity index (χ0n) is 14.0. The molecule has 0 N–H and O–H groups in total. The lowest BCUT2D eigenvalue weighted by atomic mass is 10.1. The highest BCUT2D eigenvalue weighted by molar-refractivity contribution is 7.90. The second kappa shape index (κ2) is 6.35. The quantitative estimate of drug-likeness (QED) is 0.805. The maximum atomic E-state index is 13.2. The van der Waals surface area contributed by atoms with Gasteiger partial charge in [0.05, 0.1) is 11.3 Å². The highest BCUT2D eigenvalue weighted by atomic mass is 32.2. The van der Waals surface area contributed by atoms with E-state index >= 15 is 0 Å². The molecule has 0 spiro atoms. The second-order valence-corrected chi connectivity index (χ2v) is 8.36. The van der Waals surface area contributed by atoms with Crippen molar-refractivity contribution in [2.45, 2.75) is 25.4 Å². The third kappa shape index (κ3) is 3.41. The summed E-state index contributed by atoms with van der Waals surface area (Å²) in [6, 6.07) is 6.16. The first kappa shape index (κ1) is 17.0. The van der Waals surface area contributed by atoms with Crippen LogP contribution < -0.4 is 0 Å². The molecule has 0 bridgehead atoms. The first-order chi connectivity index (χ1) is 12.4. The number of carbonyl (C=O) groups is 1. The molecule has 0 aromatic heterocycles. The molecule has 0 atom stereocenters. The van der Waals surface area contributed by atoms with E-state index in [0.29, 0.717) is 6.54 Å². The van der Waals surface area contributed by atoms with Gasteiger partial charge in [0, 0.05) is 25.3 Å². The number of amidine groups is 1. The Morgan fingerprint density at radius 3 is 2.69 bits per heavy atom. The molecule has 6 nitrogen and oxygen atoms in total. The van der Waals surface area contributed by atoms with Crippen LogP contribution in [0.3, 0.4) is 0 Å². The normalized spacial score (nSPS) is 20.9. The molecule has 3 aliphatic rings. The summed E-state index contributed by atoms with van der Waals surface area (Å²) in [5.41, 5.74) is 1.11. The van der Waals surface area contributed by atoms with E-state index in [-0.39, 0.29) is 41.5 Å². The molecule has 1 amide bonds. The molecule has 2 heterocycles. The van der Waals surface area contributed by atoms with Crippen LogP contribution in [0.25, 0.3) is 0 Å². The first-order valence-corrected chi connectivity index (χ1v) is 10.1. The van der Waals surface area contributed by atoms with Crippen LogP contribution in [0.4, 0.5) is 4.39 Å². The number of carbonyl (C=O) groups excluding carboxylic acids is 1. The van der Waals surface area contributed by atoms with Gasteiger partial charge in [0.1, 0.15) is 5.82 Å². The van der Waals surface area contributed by atoms with Crippen molar-refractivity contribution in [1.29, 1.82) is 0 Å². The Kier molecular flexibility index (Phi) is 4.14. The van der Waals surface area contributed by atoms with Crippen LogP contribution in [0.5, 0.6) is 0 Å². The Balaban J connectivity index is 1.63. The van der Waals surface area contributed by atoms with Crippen molar-refractivity contribution in [2.24, 2.45) is 4.40 Å². The van der Waals surface area contributed by atoms with Gasteiger partial charge in [0.2, 0.25) is 0 Å². The van der Waals surface area contributed by atoms with E-state index in [1.807, 2.05) is 0 Å². The SMILES string of the molecule is O=C(C1=CC=CN2CCS(=O)(=O)N=C12)N(Cc1ccc(F)cc1)C1CC1. The van der Waals surface area contributed by atoms with Gasteiger partial charge in [-0.3, -0.25) is 4.79 Å². The maximum Gasteiger partial charge on any atom is 0.258 e. The van der Waals surface area contributed by atoms with Gasteiger partial charge in [-0.1, -0.05) is 12.1 Å². The molecule has 0 saturated heterocycles. The van der Waals surface area contributed by atoms with Crippen LogP contribution in [0, 0.1) is 5.82 Å². The summed E-state index contributed by atoms with van der Waals surface area (Å²) < 4.78 is 40.7. The third-order valence-electron chi connectivity index (χ3n) is 4.60. The van der Waals surface area contributed by atoms with Crippen molar-refractivity contribution in [3.63, 3.8) is 0 Å². The maximum absolute atomic E-state index is 13.2. The second-order valence-electron chi connectivity index (χ2n) is 6.61. The summed E-state index contributed by atoms with van der Waals surface area (Å²) in [6.07, 6.45) is 6.88. The number of benzene rings is 1. The average molecular weight is 375 g/mol. The summed E-state index contributed by atoms with van der Waals surface area (Å²) in [5, 5.41) is 0. The standard InChI is InChI=1S/C18H18FN3O3S/c19-14-5-3-13(4-6-14)12-22(15-7-8-15)18(23)16-2-1-9-21-10-11-26(24,25)20-17(16)21/h1-6,9,15H,7-8,10-12H2. The van der Waals surface area contributed by atoms with Crippen LogP contribution in [0.2, 0.25) is 0 Å². The molecule has 1 aromatic rings. The van der Waals surface area contributed by atoms with Gasteiger partial charge in [-0.25, -0.2) is 12.8 Å². The van der Waals surface area contributed by atoms with Crippen LogP contribution in [-0.2, 0) is 21.4 Å². The number of halogens is 1. The summed E-state index contributed by atoms with van der Waals surface area (Å²) >= 11 is 0. The molecule has 1 fully saturated rings. The van der Waals surface area contributed by atoms with Crippen molar-refractivity contribution in [1.82, 2.24) is 9.80 Å². The van der Waals surface area contributed by atoms with Gasteiger partial charge in [-0.15, -0.1) is 4.40 Å². The Hall–Kier alpha value is -2.48. The predicted octanol–water partition coefficient (Wildman–Crippen LogP) is 1.81. The summed E-state index contributed by atoms with van der Waals surface area (Å²) in [4.78, 5) is 16.6. The molecule has 2 aliphatic heterocycles. The molecule has 4 rings (SSSR count). The van der Waals surface area contributed by atoms with Gasteiger partial charge in [0.25, 0.3) is 15.9 Å². The lowest BCUT2D eigenvalue weighted by Gasteiger charge is -2.31. The van der Waals surface area contributed by atoms with E-state index in [2.05, 4.69) is 4.40 Å². The average Bonchev–Trinajstić information content (AvgIpc) is 3.44. The highest BCUT2D eigenvalue weighted by Gasteiger charge is 2.37. The number of allylic oxidation sites excluding steroid dienone is 2. The Morgan fingerprint density at radius 1 is 1.27 bits per heavy atom. The lowest BCUT2D eigenvalue weighted by Crippen LogP contribution is -2.44. The van der Waals surface area contributed by atoms with Gasteiger partial charge in [0.15, 0.2) is 5.84 Å². The summed E-state index contributed by atoms with van der Waals surface area (Å²) in [6.45, 7) is 0.633. The van der Waals surface area contributed by atoms with Gasteiger partial charge < -0.3 is 9.80 Å². The zero-order chi connectivity index (χ0) is 18.3. The van der Waals surface area contributed by atoms with Crippen LogP contribution in [-0.4, -0.2) is 48.3 Å². The molecule has 136 valence electrons. The van der Waals surface area contributed by atoms with E-state index in [0.717, 1.165) is 18.4 Å². The fourth-order valence-electron chi connectivity index (χ4n) is 3.08. The molecule has 0 radical (unpaired) electrons. The van der Waals surface area contributed by atoms with Crippen molar-refractivity contribution in [2.75, 3.05) is 12.3 Å². The van der Waals surface area contributed by atoms with Crippen molar-refractivity contribution < 1.29 is 17.6 Å². The monoisotopic (exact) mass is 375 g/mol. The van der Waals surface area contributed by atoms with Gasteiger partial charge >= 0.3 is 0 Å². The fourth-order valence-corrected chi connectivity index (χ4v) is 4.06. The third-order valence-corrected chi connectivity index (χ3v) is 5.75. The van der Waals surface area contributed by atoms with E-state index in [9.17, 15) is 17.6 Å². The zero-order valence-corrected chi connectivity index (χ0v) is 14.8. The molecule has 0 unspecified atom stereocenters. The predicted molar refractivity (Wildman–Crippen MR) is 95.1 cm³/mol. The van der Waals surface area contributed by atoms with E-state index < -0.39 is 10.0 Å². The number of nitrogens with zero attached hydrogens (tertiary/aromatic N) is 3. The van der Waals surface area contributed by atoms with E-state index in [4.69, 9.17) is 0 Å². The largest absolute Gasteiger partial charge is 0.331 e. The summed E-state index contributed by atoms with van der Waals surface area (Å²) in [5.74, 6) is -0.448. The smallest absolute Gasteiger partial charge is 0.258 e.